The van der Waals surface area contributed by atoms with Crippen LogP contribution in [-0.4, -0.2) is 5.16 Å². The van der Waals surface area contributed by atoms with Gasteiger partial charge in [-0.15, -0.1) is 0 Å². The predicted octanol–water partition coefficient (Wildman–Crippen LogP) is 1.16. The Kier molecular flexibility index (Phi) is 1.41. The van der Waals surface area contributed by atoms with E-state index in [9.17, 15) is 0 Å². The molecule has 0 fully saturated rings. The number of nitrogens with zero attached hydrogens (tertiary/aromatic N) is 1. The molecule has 0 aliphatic carbocycles. The van der Waals surface area contributed by atoms with Gasteiger partial charge in [0, 0.05) is 0 Å². The standard InChI is InChI=1S/C8H6N2O/c1-2-4-7(5-3-1)8-9-6-10-11-8/h1-6H/p+1. The summed E-state index contributed by atoms with van der Waals surface area (Å²) in [5.41, 5.74) is 1.00. The summed E-state index contributed by atoms with van der Waals surface area (Å²) in [4.78, 5) is 2.88. The highest BCUT2D eigenvalue weighted by molar-refractivity contribution is 5.48. The van der Waals surface area contributed by atoms with Crippen molar-refractivity contribution in [3.8, 4) is 11.5 Å². The molecule has 0 unspecified atom stereocenters. The van der Waals surface area contributed by atoms with Crippen LogP contribution in [0.25, 0.3) is 11.5 Å². The van der Waals surface area contributed by atoms with Gasteiger partial charge in [0.2, 0.25) is 0 Å². The summed E-state index contributed by atoms with van der Waals surface area (Å²) in [6.07, 6.45) is 1.52. The molecule has 3 heteroatoms. The van der Waals surface area contributed by atoms with Crippen LogP contribution in [0.3, 0.4) is 0 Å². The summed E-state index contributed by atoms with van der Waals surface area (Å²) in [7, 11) is 0. The van der Waals surface area contributed by atoms with Crippen molar-refractivity contribution in [3.63, 3.8) is 0 Å². The maximum atomic E-state index is 4.91. The van der Waals surface area contributed by atoms with Gasteiger partial charge in [0.1, 0.15) is 0 Å². The van der Waals surface area contributed by atoms with Crippen LogP contribution in [0.2, 0.25) is 0 Å². The molecule has 2 aromatic rings. The lowest BCUT2D eigenvalue weighted by atomic mass is 10.2. The first kappa shape index (κ1) is 6.09. The van der Waals surface area contributed by atoms with Crippen molar-refractivity contribution in [2.45, 2.75) is 0 Å². The molecule has 3 nitrogen and oxygen atoms in total. The second-order valence-electron chi connectivity index (χ2n) is 2.17. The van der Waals surface area contributed by atoms with Gasteiger partial charge >= 0.3 is 12.2 Å². The fourth-order valence-corrected chi connectivity index (χ4v) is 0.916. The quantitative estimate of drug-likeness (QED) is 0.607. The van der Waals surface area contributed by atoms with E-state index in [-0.39, 0.29) is 0 Å². The van der Waals surface area contributed by atoms with E-state index in [0.717, 1.165) is 5.56 Å². The highest BCUT2D eigenvalue weighted by atomic mass is 16.5. The lowest BCUT2D eigenvalue weighted by Crippen LogP contribution is -1.98. The molecule has 0 bridgehead atoms. The van der Waals surface area contributed by atoms with Crippen LogP contribution in [-0.2, 0) is 0 Å². The maximum absolute atomic E-state index is 4.91. The van der Waals surface area contributed by atoms with Crippen molar-refractivity contribution < 1.29 is 9.51 Å². The van der Waals surface area contributed by atoms with E-state index in [1.54, 1.807) is 0 Å². The topological polar surface area (TPSA) is 40.2 Å². The smallest absolute Gasteiger partial charge is 0.213 e. The Labute approximate surface area is 63.7 Å². The predicted molar refractivity (Wildman–Crippen MR) is 38.5 cm³/mol. The molecule has 0 radical (unpaired) electrons. The zero-order valence-electron chi connectivity index (χ0n) is 5.82. The second kappa shape index (κ2) is 2.54. The van der Waals surface area contributed by atoms with Crippen molar-refractivity contribution in [1.29, 1.82) is 0 Å². The zero-order chi connectivity index (χ0) is 7.52. The van der Waals surface area contributed by atoms with Gasteiger partial charge < -0.3 is 0 Å². The van der Waals surface area contributed by atoms with E-state index in [1.165, 1.54) is 6.33 Å². The summed E-state index contributed by atoms with van der Waals surface area (Å²) < 4.78 is 4.91. The fraction of sp³-hybridized carbons (Fsp3) is 0. The maximum Gasteiger partial charge on any atom is 0.346 e. The molecule has 0 spiro atoms. The molecule has 1 aromatic carbocycles. The van der Waals surface area contributed by atoms with Gasteiger partial charge in [-0.25, -0.2) is 9.51 Å². The SMILES string of the molecule is c1ccc(-c2[nH+]cno2)cc1. The molecule has 0 aliphatic heterocycles. The molecule has 0 saturated carbocycles. The first-order chi connectivity index (χ1) is 5.47. The fourth-order valence-electron chi connectivity index (χ4n) is 0.916. The molecular weight excluding hydrogens is 140 g/mol. The molecule has 0 saturated heterocycles. The Morgan fingerprint density at radius 2 is 2.00 bits per heavy atom. The third-order valence-corrected chi connectivity index (χ3v) is 1.43. The molecule has 1 heterocycles. The lowest BCUT2D eigenvalue weighted by molar-refractivity contribution is -0.369. The molecule has 1 aromatic heterocycles. The number of hydrogen-bond acceptors (Lipinski definition) is 2. The van der Waals surface area contributed by atoms with Gasteiger partial charge in [0.25, 0.3) is 0 Å². The van der Waals surface area contributed by atoms with E-state index < -0.39 is 0 Å². The third-order valence-electron chi connectivity index (χ3n) is 1.43. The molecule has 54 valence electrons. The minimum absolute atomic E-state index is 0.686. The summed E-state index contributed by atoms with van der Waals surface area (Å²) in [5.74, 6) is 0.686. The number of rotatable bonds is 1. The Hall–Kier alpha value is -1.64. The summed E-state index contributed by atoms with van der Waals surface area (Å²) in [5, 5.41) is 3.57. The normalized spacial score (nSPS) is 9.82. The number of H-pyrrole nitrogens is 1. The summed E-state index contributed by atoms with van der Waals surface area (Å²) in [6, 6.07) is 9.77. The van der Waals surface area contributed by atoms with Crippen molar-refractivity contribution in [2.75, 3.05) is 0 Å². The van der Waals surface area contributed by atoms with Crippen LogP contribution >= 0.6 is 0 Å². The molecule has 0 atom stereocenters. The van der Waals surface area contributed by atoms with Crippen LogP contribution < -0.4 is 4.98 Å². The lowest BCUT2D eigenvalue weighted by Gasteiger charge is -1.86. The van der Waals surface area contributed by atoms with Crippen LogP contribution in [0, 0.1) is 0 Å². The largest absolute Gasteiger partial charge is 0.346 e. The van der Waals surface area contributed by atoms with Crippen LogP contribution in [0.1, 0.15) is 0 Å². The first-order valence-corrected chi connectivity index (χ1v) is 3.34. The molecule has 0 amide bonds. The molecule has 1 N–H and O–H groups in total. The number of aromatic nitrogens is 2. The van der Waals surface area contributed by atoms with Crippen molar-refractivity contribution >= 4 is 0 Å². The van der Waals surface area contributed by atoms with E-state index in [2.05, 4.69) is 10.1 Å². The Bertz CT molecular complexity index is 315. The van der Waals surface area contributed by atoms with Crippen LogP contribution in [0.15, 0.2) is 41.2 Å². The van der Waals surface area contributed by atoms with Crippen molar-refractivity contribution in [1.82, 2.24) is 5.16 Å². The average Bonchev–Trinajstić information content (AvgIpc) is 2.58. The molecule has 2 rings (SSSR count). The monoisotopic (exact) mass is 147 g/mol. The van der Waals surface area contributed by atoms with Gasteiger partial charge in [0.15, 0.2) is 5.16 Å². The van der Waals surface area contributed by atoms with E-state index in [1.807, 2.05) is 30.3 Å². The minimum Gasteiger partial charge on any atom is -0.213 e. The highest BCUT2D eigenvalue weighted by Gasteiger charge is 2.05. The summed E-state index contributed by atoms with van der Waals surface area (Å²) in [6.45, 7) is 0. The van der Waals surface area contributed by atoms with Gasteiger partial charge in [-0.3, -0.25) is 0 Å². The zero-order valence-corrected chi connectivity index (χ0v) is 5.82. The second-order valence-corrected chi connectivity index (χ2v) is 2.17. The number of benzene rings is 1. The van der Waals surface area contributed by atoms with Gasteiger partial charge in [-0.05, 0) is 12.1 Å². The number of nitrogens with one attached hydrogen (secondary N) is 1. The molecular formula is C8H7N2O+. The van der Waals surface area contributed by atoms with Crippen molar-refractivity contribution in [2.24, 2.45) is 0 Å². The van der Waals surface area contributed by atoms with E-state index >= 15 is 0 Å². The van der Waals surface area contributed by atoms with Gasteiger partial charge in [-0.2, -0.15) is 0 Å². The van der Waals surface area contributed by atoms with Crippen molar-refractivity contribution in [3.05, 3.63) is 36.7 Å². The average molecular weight is 147 g/mol. The summed E-state index contributed by atoms with van der Waals surface area (Å²) >= 11 is 0. The van der Waals surface area contributed by atoms with Crippen LogP contribution in [0.4, 0.5) is 0 Å². The Morgan fingerprint density at radius 1 is 1.18 bits per heavy atom. The Morgan fingerprint density at radius 3 is 2.64 bits per heavy atom. The highest BCUT2D eigenvalue weighted by Crippen LogP contribution is 2.10. The number of aromatic amines is 1. The molecule has 0 aliphatic rings. The van der Waals surface area contributed by atoms with Gasteiger partial charge in [0.05, 0.1) is 5.56 Å². The van der Waals surface area contributed by atoms with Gasteiger partial charge in [-0.1, -0.05) is 18.2 Å². The first-order valence-electron chi connectivity index (χ1n) is 3.34. The molecule has 11 heavy (non-hydrogen) atoms. The Balaban J connectivity index is 2.46. The minimum atomic E-state index is 0.686. The van der Waals surface area contributed by atoms with E-state index in [4.69, 9.17) is 4.52 Å². The van der Waals surface area contributed by atoms with Crippen LogP contribution in [0.5, 0.6) is 0 Å². The number of hydrogen-bond donors (Lipinski definition) is 0. The van der Waals surface area contributed by atoms with E-state index in [0.29, 0.717) is 5.89 Å². The third kappa shape index (κ3) is 1.12.